The lowest BCUT2D eigenvalue weighted by Gasteiger charge is -2.15. The van der Waals surface area contributed by atoms with Crippen LogP contribution >= 0.6 is 11.6 Å². The average molecular weight is 390 g/mol. The first kappa shape index (κ1) is 21.4. The van der Waals surface area contributed by atoms with E-state index >= 15 is 0 Å². The molecule has 1 aromatic rings. The summed E-state index contributed by atoms with van der Waals surface area (Å²) >= 11 is 5.92. The third kappa shape index (κ3) is 7.44. The molecule has 1 amide bonds. The van der Waals surface area contributed by atoms with Gasteiger partial charge in [-0.15, -0.1) is 0 Å². The molecular weight excluding hydrogens is 366 g/mol. The van der Waals surface area contributed by atoms with Crippen LogP contribution in [0.1, 0.15) is 44.0 Å². The van der Waals surface area contributed by atoms with Crippen molar-refractivity contribution in [1.29, 1.82) is 0 Å². The van der Waals surface area contributed by atoms with Crippen LogP contribution in [-0.2, 0) is 19.4 Å². The van der Waals surface area contributed by atoms with Crippen LogP contribution in [0.3, 0.4) is 0 Å². The number of hydrogen-bond donors (Lipinski definition) is 1. The molecule has 0 unspecified atom stereocenters. The molecule has 8 heteroatoms. The molecule has 1 rings (SSSR count). The second-order valence-electron chi connectivity index (χ2n) is 6.43. The Morgan fingerprint density at radius 2 is 1.84 bits per heavy atom. The maximum Gasteiger partial charge on any atom is 0.340 e. The van der Waals surface area contributed by atoms with E-state index in [1.807, 2.05) is 6.92 Å². The SMILES string of the molecule is CC(C)CC[C@H](C)NC(=O)COC(=O)c1cc(S(C)(=O)=O)ccc1Cl. The fourth-order valence-corrected chi connectivity index (χ4v) is 2.91. The Kier molecular flexibility index (Phi) is 7.89. The molecular formula is C17H24ClNO5S. The lowest BCUT2D eigenvalue weighted by molar-refractivity contribution is -0.124. The Balaban J connectivity index is 2.64. The zero-order chi connectivity index (χ0) is 19.2. The summed E-state index contributed by atoms with van der Waals surface area (Å²) in [6.07, 6.45) is 2.84. The van der Waals surface area contributed by atoms with Gasteiger partial charge in [0.2, 0.25) is 0 Å². The van der Waals surface area contributed by atoms with Crippen LogP contribution in [0.15, 0.2) is 23.1 Å². The normalized spacial score (nSPS) is 12.7. The van der Waals surface area contributed by atoms with Gasteiger partial charge in [-0.25, -0.2) is 13.2 Å². The van der Waals surface area contributed by atoms with Gasteiger partial charge >= 0.3 is 5.97 Å². The van der Waals surface area contributed by atoms with E-state index in [4.69, 9.17) is 16.3 Å². The van der Waals surface area contributed by atoms with Crippen LogP contribution in [0.2, 0.25) is 5.02 Å². The van der Waals surface area contributed by atoms with Crippen LogP contribution < -0.4 is 5.32 Å². The lowest BCUT2D eigenvalue weighted by atomic mass is 10.0. The number of amides is 1. The molecule has 0 aliphatic heterocycles. The smallest absolute Gasteiger partial charge is 0.340 e. The number of rotatable bonds is 8. The predicted molar refractivity (Wildman–Crippen MR) is 96.5 cm³/mol. The van der Waals surface area contributed by atoms with E-state index in [9.17, 15) is 18.0 Å². The number of hydrogen-bond acceptors (Lipinski definition) is 5. The molecule has 0 bridgehead atoms. The van der Waals surface area contributed by atoms with E-state index in [-0.39, 0.29) is 21.5 Å². The maximum absolute atomic E-state index is 12.1. The Morgan fingerprint density at radius 1 is 1.20 bits per heavy atom. The Bertz CT molecular complexity index is 731. The third-order valence-corrected chi connectivity index (χ3v) is 4.94. The van der Waals surface area contributed by atoms with Crippen molar-refractivity contribution in [2.24, 2.45) is 5.92 Å². The van der Waals surface area contributed by atoms with Crippen molar-refractivity contribution in [2.45, 2.75) is 44.6 Å². The first-order valence-corrected chi connectivity index (χ1v) is 10.2. The highest BCUT2D eigenvalue weighted by molar-refractivity contribution is 7.90. The van der Waals surface area contributed by atoms with Crippen molar-refractivity contribution in [3.05, 3.63) is 28.8 Å². The highest BCUT2D eigenvalue weighted by atomic mass is 35.5. The van der Waals surface area contributed by atoms with Gasteiger partial charge in [-0.3, -0.25) is 4.79 Å². The van der Waals surface area contributed by atoms with Crippen LogP contribution in [0.25, 0.3) is 0 Å². The molecule has 0 radical (unpaired) electrons. The molecule has 0 fully saturated rings. The lowest BCUT2D eigenvalue weighted by Crippen LogP contribution is -2.36. The number of esters is 1. The van der Waals surface area contributed by atoms with Crippen LogP contribution in [0.4, 0.5) is 0 Å². The first-order valence-electron chi connectivity index (χ1n) is 7.96. The number of halogens is 1. The molecule has 0 aromatic heterocycles. The van der Waals surface area contributed by atoms with Gasteiger partial charge in [0, 0.05) is 12.3 Å². The zero-order valence-corrected chi connectivity index (χ0v) is 16.4. The van der Waals surface area contributed by atoms with Crippen molar-refractivity contribution in [2.75, 3.05) is 12.9 Å². The molecule has 0 aliphatic rings. The van der Waals surface area contributed by atoms with Crippen LogP contribution in [0, 0.1) is 5.92 Å². The first-order chi connectivity index (χ1) is 11.5. The molecule has 140 valence electrons. The minimum Gasteiger partial charge on any atom is -0.452 e. The van der Waals surface area contributed by atoms with E-state index in [0.717, 1.165) is 25.2 Å². The highest BCUT2D eigenvalue weighted by Crippen LogP contribution is 2.21. The molecule has 0 spiro atoms. The second-order valence-corrected chi connectivity index (χ2v) is 8.85. The molecule has 25 heavy (non-hydrogen) atoms. The average Bonchev–Trinajstić information content (AvgIpc) is 2.50. The summed E-state index contributed by atoms with van der Waals surface area (Å²) in [6.45, 7) is 5.63. The summed E-state index contributed by atoms with van der Waals surface area (Å²) < 4.78 is 28.0. The molecule has 0 aliphatic carbocycles. The second kappa shape index (κ2) is 9.20. The monoisotopic (exact) mass is 389 g/mol. The quantitative estimate of drug-likeness (QED) is 0.690. The highest BCUT2D eigenvalue weighted by Gasteiger charge is 2.18. The maximum atomic E-state index is 12.1. The molecule has 0 saturated carbocycles. The molecule has 1 N–H and O–H groups in total. The minimum atomic E-state index is -3.48. The number of sulfone groups is 1. The summed E-state index contributed by atoms with van der Waals surface area (Å²) in [5.41, 5.74) is -0.0924. The number of ether oxygens (including phenoxy) is 1. The minimum absolute atomic E-state index is 0.0225. The van der Waals surface area contributed by atoms with Gasteiger partial charge in [-0.05, 0) is 43.9 Å². The van der Waals surface area contributed by atoms with E-state index in [0.29, 0.717) is 5.92 Å². The Labute approximate surface area is 153 Å². The van der Waals surface area contributed by atoms with E-state index in [2.05, 4.69) is 19.2 Å². The summed E-state index contributed by atoms with van der Waals surface area (Å²) in [5, 5.41) is 2.81. The van der Waals surface area contributed by atoms with Gasteiger partial charge in [-0.2, -0.15) is 0 Å². The van der Waals surface area contributed by atoms with Gasteiger partial charge in [0.15, 0.2) is 16.4 Å². The van der Waals surface area contributed by atoms with Crippen LogP contribution in [-0.4, -0.2) is 39.2 Å². The fraction of sp³-hybridized carbons (Fsp3) is 0.529. The molecule has 6 nitrogen and oxygen atoms in total. The standard InChI is InChI=1S/C17H24ClNO5S/c1-11(2)5-6-12(3)19-16(20)10-24-17(21)14-9-13(25(4,22)23)7-8-15(14)18/h7-9,11-12H,5-6,10H2,1-4H3,(H,19,20)/t12-/m0/s1. The van der Waals surface area contributed by atoms with Gasteiger partial charge < -0.3 is 10.1 Å². The predicted octanol–water partition coefficient (Wildman–Crippen LogP) is 2.84. The van der Waals surface area contributed by atoms with Gasteiger partial charge in [-0.1, -0.05) is 25.4 Å². The van der Waals surface area contributed by atoms with E-state index in [1.165, 1.54) is 12.1 Å². The summed E-state index contributed by atoms with van der Waals surface area (Å²) in [5.74, 6) is -0.720. The molecule has 0 heterocycles. The van der Waals surface area contributed by atoms with Crippen molar-refractivity contribution >= 4 is 33.3 Å². The number of benzene rings is 1. The number of nitrogens with one attached hydrogen (secondary N) is 1. The van der Waals surface area contributed by atoms with Gasteiger partial charge in [0.1, 0.15) is 0 Å². The largest absolute Gasteiger partial charge is 0.452 e. The topological polar surface area (TPSA) is 89.5 Å². The summed E-state index contributed by atoms with van der Waals surface area (Å²) in [7, 11) is -3.48. The van der Waals surface area contributed by atoms with E-state index < -0.39 is 28.3 Å². The molecule has 1 atom stereocenters. The van der Waals surface area contributed by atoms with Crippen molar-refractivity contribution in [1.82, 2.24) is 5.32 Å². The van der Waals surface area contributed by atoms with Gasteiger partial charge in [0.25, 0.3) is 5.91 Å². The molecule has 1 aromatic carbocycles. The van der Waals surface area contributed by atoms with E-state index in [1.54, 1.807) is 0 Å². The Hall–Kier alpha value is -1.60. The van der Waals surface area contributed by atoms with Crippen molar-refractivity contribution in [3.63, 3.8) is 0 Å². The molecule has 0 saturated heterocycles. The Morgan fingerprint density at radius 3 is 2.40 bits per heavy atom. The van der Waals surface area contributed by atoms with Crippen LogP contribution in [0.5, 0.6) is 0 Å². The third-order valence-electron chi connectivity index (χ3n) is 3.50. The van der Waals surface area contributed by atoms with Crippen molar-refractivity contribution in [3.8, 4) is 0 Å². The zero-order valence-electron chi connectivity index (χ0n) is 14.8. The number of carbonyl (C=O) groups is 2. The summed E-state index contributed by atoms with van der Waals surface area (Å²) in [6, 6.07) is 3.73. The summed E-state index contributed by atoms with van der Waals surface area (Å²) in [4.78, 5) is 23.9. The fourth-order valence-electron chi connectivity index (χ4n) is 2.07. The number of carbonyl (C=O) groups excluding carboxylic acids is 2. The van der Waals surface area contributed by atoms with Crippen molar-refractivity contribution < 1.29 is 22.7 Å². The van der Waals surface area contributed by atoms with Gasteiger partial charge in [0.05, 0.1) is 15.5 Å².